The zero-order valence-electron chi connectivity index (χ0n) is 15.4. The molecule has 1 heterocycles. The van der Waals surface area contributed by atoms with Crippen molar-refractivity contribution in [2.24, 2.45) is 0 Å². The number of ether oxygens (including phenoxy) is 1. The van der Waals surface area contributed by atoms with Crippen molar-refractivity contribution >= 4 is 35.2 Å². The lowest BCUT2D eigenvalue weighted by atomic mass is 10.1. The van der Waals surface area contributed by atoms with E-state index in [-0.39, 0.29) is 0 Å². The molecule has 28 heavy (non-hydrogen) atoms. The van der Waals surface area contributed by atoms with E-state index in [1.54, 1.807) is 0 Å². The lowest BCUT2D eigenvalue weighted by molar-refractivity contribution is -0.131. The maximum absolute atomic E-state index is 10.7. The summed E-state index contributed by atoms with van der Waals surface area (Å²) in [6.07, 6.45) is 2.77. The Bertz CT molecular complexity index is 893. The van der Waals surface area contributed by atoms with Crippen molar-refractivity contribution in [2.45, 2.75) is 19.8 Å². The molecule has 0 unspecified atom stereocenters. The molecule has 1 aliphatic rings. The summed E-state index contributed by atoms with van der Waals surface area (Å²) in [5.74, 6) is -0.112. The molecule has 7 heteroatoms. The Balaban J connectivity index is 1.57. The first-order valence-corrected chi connectivity index (χ1v) is 9.99. The molecule has 2 aromatic rings. The summed E-state index contributed by atoms with van der Waals surface area (Å²) < 4.78 is 5.92. The number of carboxylic acid groups (broad SMARTS) is 1. The van der Waals surface area contributed by atoms with Crippen molar-refractivity contribution in [3.63, 3.8) is 0 Å². The van der Waals surface area contributed by atoms with Gasteiger partial charge in [0, 0.05) is 16.7 Å². The summed E-state index contributed by atoms with van der Waals surface area (Å²) in [6, 6.07) is 15.6. The molecule has 0 radical (unpaired) electrons. The number of nitrogens with one attached hydrogen (secondary N) is 2. The Morgan fingerprint density at radius 1 is 1.18 bits per heavy atom. The van der Waals surface area contributed by atoms with Crippen LogP contribution in [0.1, 0.15) is 24.5 Å². The van der Waals surface area contributed by atoms with E-state index < -0.39 is 5.97 Å². The van der Waals surface area contributed by atoms with Gasteiger partial charge in [0.15, 0.2) is 0 Å². The number of carbonyl (C=O) groups is 1. The predicted molar refractivity (Wildman–Crippen MR) is 114 cm³/mol. The maximum Gasteiger partial charge on any atom is 0.328 e. The molecule has 0 aromatic heterocycles. The van der Waals surface area contributed by atoms with Crippen LogP contribution < -0.4 is 15.0 Å². The van der Waals surface area contributed by atoms with Gasteiger partial charge in [-0.05, 0) is 61.5 Å². The van der Waals surface area contributed by atoms with Crippen LogP contribution in [0.15, 0.2) is 65.1 Å². The second-order valence-corrected chi connectivity index (χ2v) is 7.73. The van der Waals surface area contributed by atoms with Gasteiger partial charge >= 0.3 is 5.97 Å². The fourth-order valence-electron chi connectivity index (χ4n) is 2.74. The van der Waals surface area contributed by atoms with E-state index in [2.05, 4.69) is 10.3 Å². The number of carboxylic acids is 1. The highest BCUT2D eigenvalue weighted by Crippen LogP contribution is 2.29. The first-order valence-electron chi connectivity index (χ1n) is 8.80. The standard InChI is InChI=1S/C21H21ClN2O3S/c1-14(12-20(25)26)2-3-15-4-10-18(11-5-15)27-13-19-21(23-24-28-19)16-6-8-17(22)9-7-16/h4-12,23-24H,2-3,13H2,1H3,(H,25,26)/b14-12+. The quantitative estimate of drug-likeness (QED) is 0.424. The second kappa shape index (κ2) is 9.68. The van der Waals surface area contributed by atoms with Crippen LogP contribution in [-0.2, 0) is 11.2 Å². The Morgan fingerprint density at radius 3 is 2.57 bits per heavy atom. The van der Waals surface area contributed by atoms with E-state index in [9.17, 15) is 4.79 Å². The molecule has 0 bridgehead atoms. The van der Waals surface area contributed by atoms with Crippen molar-refractivity contribution in [1.29, 1.82) is 0 Å². The Hall–Kier alpha value is -2.41. The van der Waals surface area contributed by atoms with E-state index in [4.69, 9.17) is 21.4 Å². The predicted octanol–water partition coefficient (Wildman–Crippen LogP) is 4.81. The van der Waals surface area contributed by atoms with Crippen molar-refractivity contribution < 1.29 is 14.6 Å². The third-order valence-electron chi connectivity index (χ3n) is 4.23. The van der Waals surface area contributed by atoms with E-state index >= 15 is 0 Å². The van der Waals surface area contributed by atoms with E-state index in [0.29, 0.717) is 11.6 Å². The lowest BCUT2D eigenvalue weighted by Crippen LogP contribution is -2.17. The van der Waals surface area contributed by atoms with Gasteiger partial charge in [-0.2, -0.15) is 4.83 Å². The first kappa shape index (κ1) is 20.3. The third-order valence-corrected chi connectivity index (χ3v) is 5.26. The monoisotopic (exact) mass is 416 g/mol. The largest absolute Gasteiger partial charge is 0.488 e. The van der Waals surface area contributed by atoms with Gasteiger partial charge in [-0.15, -0.1) is 0 Å². The number of hydrazine groups is 1. The Morgan fingerprint density at radius 2 is 1.89 bits per heavy atom. The van der Waals surface area contributed by atoms with Crippen LogP contribution in [0.5, 0.6) is 5.75 Å². The summed E-state index contributed by atoms with van der Waals surface area (Å²) in [5, 5.41) is 9.46. The minimum absolute atomic E-state index is 0.447. The third kappa shape index (κ3) is 5.79. The van der Waals surface area contributed by atoms with Crippen LogP contribution in [0.4, 0.5) is 0 Å². The fraction of sp³-hybridized carbons (Fsp3) is 0.190. The summed E-state index contributed by atoms with van der Waals surface area (Å²) in [5.41, 5.74) is 7.18. The number of halogens is 1. The van der Waals surface area contributed by atoms with Gasteiger partial charge in [0.2, 0.25) is 0 Å². The van der Waals surface area contributed by atoms with Crippen LogP contribution in [0, 0.1) is 0 Å². The molecule has 1 aliphatic heterocycles. The summed E-state index contributed by atoms with van der Waals surface area (Å²) in [4.78, 5) is 14.8. The molecule has 0 atom stereocenters. The molecule has 0 saturated carbocycles. The van der Waals surface area contributed by atoms with E-state index in [1.807, 2.05) is 55.5 Å². The molecule has 0 fully saturated rings. The van der Waals surface area contributed by atoms with Crippen molar-refractivity contribution in [2.75, 3.05) is 6.61 Å². The fourth-order valence-corrected chi connectivity index (χ4v) is 3.53. The SMILES string of the molecule is C/C(=C\C(=O)O)CCc1ccc(OCC2=C(c3ccc(Cl)cc3)NNS2)cc1. The minimum Gasteiger partial charge on any atom is -0.488 e. The number of aliphatic carboxylic acids is 1. The summed E-state index contributed by atoms with van der Waals surface area (Å²) in [7, 11) is 0. The van der Waals surface area contributed by atoms with Crippen LogP contribution in [0.2, 0.25) is 5.02 Å². The first-order chi connectivity index (χ1) is 13.5. The highest BCUT2D eigenvalue weighted by Gasteiger charge is 2.17. The average Bonchev–Trinajstić information content (AvgIpc) is 3.14. The summed E-state index contributed by atoms with van der Waals surface area (Å²) in [6.45, 7) is 2.28. The van der Waals surface area contributed by atoms with Crippen LogP contribution >= 0.6 is 23.5 Å². The topological polar surface area (TPSA) is 70.6 Å². The number of aryl methyl sites for hydroxylation is 1. The van der Waals surface area contributed by atoms with Gasteiger partial charge in [0.05, 0.1) is 10.6 Å². The molecule has 2 aromatic carbocycles. The highest BCUT2D eigenvalue weighted by atomic mass is 35.5. The molecule has 3 rings (SSSR count). The molecule has 5 nitrogen and oxygen atoms in total. The average molecular weight is 417 g/mol. The number of allylic oxidation sites excluding steroid dienone is 1. The Kier molecular flexibility index (Phi) is 7.03. The van der Waals surface area contributed by atoms with Gasteiger partial charge in [0.1, 0.15) is 12.4 Å². The number of hydrogen-bond donors (Lipinski definition) is 3. The van der Waals surface area contributed by atoms with Crippen LogP contribution in [0.3, 0.4) is 0 Å². The number of hydrogen-bond acceptors (Lipinski definition) is 5. The van der Waals surface area contributed by atoms with Crippen LogP contribution in [-0.4, -0.2) is 17.7 Å². The zero-order chi connectivity index (χ0) is 19.9. The normalized spacial score (nSPS) is 14.1. The Labute approximate surface area is 173 Å². The van der Waals surface area contributed by atoms with E-state index in [1.165, 1.54) is 18.0 Å². The molecule has 0 aliphatic carbocycles. The molecule has 3 N–H and O–H groups in total. The molecule has 0 amide bonds. The van der Waals surface area contributed by atoms with E-state index in [0.717, 1.165) is 45.9 Å². The van der Waals surface area contributed by atoms with Gasteiger partial charge in [-0.1, -0.05) is 41.4 Å². The van der Waals surface area contributed by atoms with Crippen molar-refractivity contribution in [3.05, 3.63) is 81.2 Å². The van der Waals surface area contributed by atoms with Gasteiger partial charge in [0.25, 0.3) is 0 Å². The van der Waals surface area contributed by atoms with Crippen LogP contribution in [0.25, 0.3) is 5.70 Å². The lowest BCUT2D eigenvalue weighted by Gasteiger charge is -2.09. The summed E-state index contributed by atoms with van der Waals surface area (Å²) >= 11 is 7.45. The number of benzene rings is 2. The molecular weight excluding hydrogens is 396 g/mol. The number of rotatable bonds is 8. The molecule has 0 saturated heterocycles. The molecular formula is C21H21ClN2O3S. The van der Waals surface area contributed by atoms with Gasteiger partial charge in [-0.25, -0.2) is 4.79 Å². The van der Waals surface area contributed by atoms with Gasteiger partial charge < -0.3 is 15.3 Å². The maximum atomic E-state index is 10.7. The highest BCUT2D eigenvalue weighted by molar-refractivity contribution is 8.01. The van der Waals surface area contributed by atoms with Crippen molar-refractivity contribution in [1.82, 2.24) is 10.3 Å². The smallest absolute Gasteiger partial charge is 0.328 e. The zero-order valence-corrected chi connectivity index (χ0v) is 16.9. The second-order valence-electron chi connectivity index (χ2n) is 6.40. The minimum atomic E-state index is -0.901. The van der Waals surface area contributed by atoms with Crippen molar-refractivity contribution in [3.8, 4) is 5.75 Å². The molecule has 0 spiro atoms. The molecule has 146 valence electrons. The van der Waals surface area contributed by atoms with Gasteiger partial charge in [-0.3, -0.25) is 0 Å².